The van der Waals surface area contributed by atoms with Crippen molar-refractivity contribution in [3.63, 3.8) is 0 Å². The molecule has 0 radical (unpaired) electrons. The molecule has 0 saturated heterocycles. The smallest absolute Gasteiger partial charge is 0.406 e. The zero-order chi connectivity index (χ0) is 16.4. The minimum atomic E-state index is -4.78. The van der Waals surface area contributed by atoms with Crippen molar-refractivity contribution in [2.75, 3.05) is 11.9 Å². The van der Waals surface area contributed by atoms with Crippen molar-refractivity contribution in [3.8, 4) is 5.75 Å². The normalized spacial score (nSPS) is 18.7. The minimum Gasteiger partial charge on any atom is -0.406 e. The molecule has 1 aromatic carbocycles. The average molecular weight is 323 g/mol. The third kappa shape index (κ3) is 5.05. The Bertz CT molecular complexity index is 551. The first-order valence-corrected chi connectivity index (χ1v) is 6.43. The van der Waals surface area contributed by atoms with Gasteiger partial charge < -0.3 is 15.8 Å². The number of benzene rings is 1. The number of hydrogen-bond acceptors (Lipinski definition) is 2. The van der Waals surface area contributed by atoms with E-state index in [0.29, 0.717) is 0 Å². The third-order valence-electron chi connectivity index (χ3n) is 3.03. The summed E-state index contributed by atoms with van der Waals surface area (Å²) >= 11 is 0. The summed E-state index contributed by atoms with van der Waals surface area (Å²) in [7, 11) is 0. The van der Waals surface area contributed by atoms with Crippen molar-refractivity contribution in [2.24, 2.45) is 16.6 Å². The zero-order valence-electron chi connectivity index (χ0n) is 11.3. The van der Waals surface area contributed by atoms with Gasteiger partial charge >= 0.3 is 6.36 Å². The summed E-state index contributed by atoms with van der Waals surface area (Å²) in [5.74, 6) is -3.30. The molecule has 0 unspecified atom stereocenters. The van der Waals surface area contributed by atoms with Crippen molar-refractivity contribution in [1.82, 2.24) is 0 Å². The Morgan fingerprint density at radius 2 is 2.05 bits per heavy atom. The molecule has 22 heavy (non-hydrogen) atoms. The number of nitrogens with zero attached hydrogens (tertiary/aromatic N) is 1. The number of guanidine groups is 1. The van der Waals surface area contributed by atoms with Crippen LogP contribution in [0.25, 0.3) is 0 Å². The van der Waals surface area contributed by atoms with Gasteiger partial charge in [-0.05, 0) is 18.1 Å². The first-order valence-electron chi connectivity index (χ1n) is 6.43. The Hall–Kier alpha value is -2.06. The zero-order valence-corrected chi connectivity index (χ0v) is 11.3. The van der Waals surface area contributed by atoms with Crippen LogP contribution < -0.4 is 15.8 Å². The SMILES string of the molecule is NC(=NCC1CC(F)(F)C1)Nc1cccc(OC(F)(F)F)c1. The van der Waals surface area contributed by atoms with E-state index >= 15 is 0 Å². The van der Waals surface area contributed by atoms with Crippen molar-refractivity contribution in [2.45, 2.75) is 25.1 Å². The van der Waals surface area contributed by atoms with E-state index < -0.39 is 18.0 Å². The molecule has 3 N–H and O–H groups in total. The molecule has 0 aromatic heterocycles. The van der Waals surface area contributed by atoms with Crippen LogP contribution in [-0.2, 0) is 0 Å². The summed E-state index contributed by atoms with van der Waals surface area (Å²) < 4.78 is 65.3. The summed E-state index contributed by atoms with van der Waals surface area (Å²) in [5.41, 5.74) is 5.82. The highest BCUT2D eigenvalue weighted by Gasteiger charge is 2.44. The average Bonchev–Trinajstić information content (AvgIpc) is 2.32. The molecule has 2 rings (SSSR count). The van der Waals surface area contributed by atoms with E-state index in [1.54, 1.807) is 0 Å². The van der Waals surface area contributed by atoms with Crippen LogP contribution in [0.2, 0.25) is 0 Å². The Labute approximate surface area is 123 Å². The van der Waals surface area contributed by atoms with Crippen LogP contribution in [0.5, 0.6) is 5.75 Å². The van der Waals surface area contributed by atoms with E-state index in [1.165, 1.54) is 12.1 Å². The molecule has 1 aliphatic carbocycles. The number of aliphatic imine (C=N–C) groups is 1. The monoisotopic (exact) mass is 323 g/mol. The first kappa shape index (κ1) is 16.3. The summed E-state index contributed by atoms with van der Waals surface area (Å²) in [6.07, 6.45) is -5.23. The molecule has 1 aromatic rings. The Morgan fingerprint density at radius 3 is 2.64 bits per heavy atom. The highest BCUT2D eigenvalue weighted by atomic mass is 19.4. The first-order chi connectivity index (χ1) is 10.1. The van der Waals surface area contributed by atoms with Crippen LogP contribution in [0.4, 0.5) is 27.6 Å². The second-order valence-corrected chi connectivity index (χ2v) is 5.06. The maximum absolute atomic E-state index is 12.6. The maximum atomic E-state index is 12.6. The fraction of sp³-hybridized carbons (Fsp3) is 0.462. The lowest BCUT2D eigenvalue weighted by molar-refractivity contribution is -0.274. The molecule has 4 nitrogen and oxygen atoms in total. The third-order valence-corrected chi connectivity index (χ3v) is 3.03. The van der Waals surface area contributed by atoms with Gasteiger partial charge in [0.15, 0.2) is 5.96 Å². The van der Waals surface area contributed by atoms with E-state index in [0.717, 1.165) is 12.1 Å². The molecule has 0 aliphatic heterocycles. The molecule has 9 heteroatoms. The quantitative estimate of drug-likeness (QED) is 0.507. The Balaban J connectivity index is 1.88. The van der Waals surface area contributed by atoms with Crippen LogP contribution in [-0.4, -0.2) is 24.8 Å². The number of halogens is 5. The molecule has 0 heterocycles. The van der Waals surface area contributed by atoms with E-state index in [2.05, 4.69) is 15.0 Å². The van der Waals surface area contributed by atoms with Crippen molar-refractivity contribution < 1.29 is 26.7 Å². The van der Waals surface area contributed by atoms with Crippen LogP contribution >= 0.6 is 0 Å². The van der Waals surface area contributed by atoms with E-state index in [9.17, 15) is 22.0 Å². The number of ether oxygens (including phenoxy) is 1. The Morgan fingerprint density at radius 1 is 1.36 bits per heavy atom. The van der Waals surface area contributed by atoms with Gasteiger partial charge in [-0.25, -0.2) is 8.78 Å². The van der Waals surface area contributed by atoms with Gasteiger partial charge in [0.2, 0.25) is 5.92 Å². The van der Waals surface area contributed by atoms with Gasteiger partial charge in [-0.15, -0.1) is 13.2 Å². The second kappa shape index (κ2) is 5.98. The van der Waals surface area contributed by atoms with Crippen LogP contribution in [0.1, 0.15) is 12.8 Å². The van der Waals surface area contributed by atoms with Gasteiger partial charge in [0.05, 0.1) is 0 Å². The van der Waals surface area contributed by atoms with E-state index in [1.807, 2.05) is 0 Å². The molecule has 0 amide bonds. The highest BCUT2D eigenvalue weighted by molar-refractivity contribution is 5.92. The lowest BCUT2D eigenvalue weighted by Gasteiger charge is -2.33. The lowest BCUT2D eigenvalue weighted by atomic mass is 9.81. The molecule has 0 spiro atoms. The van der Waals surface area contributed by atoms with Crippen LogP contribution in [0.3, 0.4) is 0 Å². The highest BCUT2D eigenvalue weighted by Crippen LogP contribution is 2.42. The van der Waals surface area contributed by atoms with Gasteiger partial charge in [0.1, 0.15) is 5.75 Å². The standard InChI is InChI=1S/C13H14F5N3O/c14-12(15)5-8(6-12)7-20-11(19)21-9-2-1-3-10(4-9)22-13(16,17)18/h1-4,8H,5-7H2,(H3,19,20,21). The lowest BCUT2D eigenvalue weighted by Crippen LogP contribution is -2.37. The van der Waals surface area contributed by atoms with Crippen LogP contribution in [0, 0.1) is 5.92 Å². The Kier molecular flexibility index (Phi) is 4.43. The molecular formula is C13H14F5N3O. The largest absolute Gasteiger partial charge is 0.573 e. The molecule has 0 bridgehead atoms. The van der Waals surface area contributed by atoms with Gasteiger partial charge in [-0.1, -0.05) is 6.07 Å². The van der Waals surface area contributed by atoms with E-state index in [4.69, 9.17) is 5.73 Å². The maximum Gasteiger partial charge on any atom is 0.573 e. The predicted octanol–water partition coefficient (Wildman–Crippen LogP) is 3.36. The van der Waals surface area contributed by atoms with Gasteiger partial charge in [-0.2, -0.15) is 0 Å². The number of nitrogens with two attached hydrogens (primary N) is 1. The minimum absolute atomic E-state index is 0.0561. The number of hydrogen-bond donors (Lipinski definition) is 2. The summed E-state index contributed by atoms with van der Waals surface area (Å²) in [4.78, 5) is 3.90. The number of nitrogens with one attached hydrogen (secondary N) is 1. The molecule has 1 aliphatic rings. The van der Waals surface area contributed by atoms with Crippen molar-refractivity contribution >= 4 is 11.6 Å². The van der Waals surface area contributed by atoms with Crippen molar-refractivity contribution in [1.29, 1.82) is 0 Å². The molecular weight excluding hydrogens is 309 g/mol. The summed E-state index contributed by atoms with van der Waals surface area (Å²) in [5, 5.41) is 2.59. The second-order valence-electron chi connectivity index (χ2n) is 5.06. The predicted molar refractivity (Wildman–Crippen MR) is 70.9 cm³/mol. The molecule has 1 saturated carbocycles. The summed E-state index contributed by atoms with van der Waals surface area (Å²) in [6, 6.07) is 5.07. The van der Waals surface area contributed by atoms with Crippen LogP contribution in [0.15, 0.2) is 29.3 Å². The fourth-order valence-electron chi connectivity index (χ4n) is 2.10. The van der Waals surface area contributed by atoms with Gasteiger partial charge in [-0.3, -0.25) is 4.99 Å². The number of alkyl halides is 5. The molecule has 0 atom stereocenters. The topological polar surface area (TPSA) is 59.6 Å². The molecule has 122 valence electrons. The number of anilines is 1. The van der Waals surface area contributed by atoms with Gasteiger partial charge in [0.25, 0.3) is 0 Å². The van der Waals surface area contributed by atoms with E-state index in [-0.39, 0.29) is 37.0 Å². The fourth-order valence-corrected chi connectivity index (χ4v) is 2.10. The summed E-state index contributed by atoms with van der Waals surface area (Å²) in [6.45, 7) is 0.146. The van der Waals surface area contributed by atoms with Crippen molar-refractivity contribution in [3.05, 3.63) is 24.3 Å². The molecule has 1 fully saturated rings. The number of rotatable bonds is 4. The van der Waals surface area contributed by atoms with Gasteiger partial charge in [0, 0.05) is 31.1 Å².